The molecule has 0 atom stereocenters. The van der Waals surface area contributed by atoms with Crippen LogP contribution in [0.25, 0.3) is 0 Å². The van der Waals surface area contributed by atoms with Gasteiger partial charge in [-0.2, -0.15) is 5.26 Å². The average molecular weight is 267 g/mol. The fourth-order valence-electron chi connectivity index (χ4n) is 1.73. The molecule has 0 aliphatic rings. The van der Waals surface area contributed by atoms with E-state index in [1.165, 1.54) is 0 Å². The minimum atomic E-state index is -0.0781. The maximum absolute atomic E-state index is 8.52. The van der Waals surface area contributed by atoms with Crippen LogP contribution in [0, 0.1) is 11.3 Å². The highest BCUT2D eigenvalue weighted by Crippen LogP contribution is 2.31. The Hall–Kier alpha value is -1.24. The predicted molar refractivity (Wildman–Crippen MR) is 74.1 cm³/mol. The fraction of sp³-hybridized carbons (Fsp3) is 0.500. The number of ether oxygens (including phenoxy) is 1. The number of hydrogen-bond donors (Lipinski definition) is 1. The topological polar surface area (TPSA) is 45.0 Å². The van der Waals surface area contributed by atoms with Gasteiger partial charge in [-0.3, -0.25) is 0 Å². The number of nitriles is 1. The van der Waals surface area contributed by atoms with Crippen molar-refractivity contribution in [2.24, 2.45) is 0 Å². The lowest BCUT2D eigenvalue weighted by Gasteiger charge is -2.25. The van der Waals surface area contributed by atoms with E-state index in [-0.39, 0.29) is 5.41 Å². The van der Waals surface area contributed by atoms with E-state index in [0.29, 0.717) is 23.9 Å². The molecule has 98 valence electrons. The molecule has 1 rings (SSSR count). The molecule has 0 heterocycles. The Kier molecular flexibility index (Phi) is 5.46. The van der Waals surface area contributed by atoms with Crippen LogP contribution in [-0.4, -0.2) is 19.7 Å². The molecular weight excluding hydrogens is 248 g/mol. The second-order valence-corrected chi connectivity index (χ2v) is 5.13. The molecule has 0 saturated carbocycles. The molecule has 4 heteroatoms. The van der Waals surface area contributed by atoms with E-state index < -0.39 is 0 Å². The van der Waals surface area contributed by atoms with Crippen molar-refractivity contribution in [2.75, 3.05) is 19.7 Å². The van der Waals surface area contributed by atoms with Gasteiger partial charge in [0.25, 0.3) is 0 Å². The molecule has 1 aromatic rings. The number of hydrogen-bond acceptors (Lipinski definition) is 3. The van der Waals surface area contributed by atoms with E-state index in [9.17, 15) is 0 Å². The molecule has 0 fully saturated rings. The molecule has 3 nitrogen and oxygen atoms in total. The van der Waals surface area contributed by atoms with Crippen molar-refractivity contribution in [1.82, 2.24) is 5.32 Å². The standard InChI is InChI=1S/C14H19ClN2O/c1-4-18-13-6-5-11(9-12(13)15)14(2,3)10-17-8-7-16/h5-6,9,17H,4,8,10H2,1-3H3. The third kappa shape index (κ3) is 3.90. The van der Waals surface area contributed by atoms with Gasteiger partial charge in [0.1, 0.15) is 5.75 Å². The van der Waals surface area contributed by atoms with Gasteiger partial charge >= 0.3 is 0 Å². The monoisotopic (exact) mass is 266 g/mol. The van der Waals surface area contributed by atoms with Crippen LogP contribution in [0.3, 0.4) is 0 Å². The normalized spacial score (nSPS) is 11.1. The van der Waals surface area contributed by atoms with Crippen LogP contribution >= 0.6 is 11.6 Å². The lowest BCUT2D eigenvalue weighted by atomic mass is 9.84. The molecule has 1 aromatic carbocycles. The summed E-state index contributed by atoms with van der Waals surface area (Å²) in [6.45, 7) is 7.85. The highest BCUT2D eigenvalue weighted by atomic mass is 35.5. The zero-order chi connectivity index (χ0) is 13.6. The number of benzene rings is 1. The Morgan fingerprint density at radius 3 is 2.72 bits per heavy atom. The molecule has 0 bridgehead atoms. The summed E-state index contributed by atoms with van der Waals surface area (Å²) in [5.41, 5.74) is 1.05. The summed E-state index contributed by atoms with van der Waals surface area (Å²) in [4.78, 5) is 0. The van der Waals surface area contributed by atoms with Crippen molar-refractivity contribution in [1.29, 1.82) is 5.26 Å². The van der Waals surface area contributed by atoms with Gasteiger partial charge in [-0.05, 0) is 24.6 Å². The predicted octanol–water partition coefficient (Wildman–Crippen LogP) is 3.13. The van der Waals surface area contributed by atoms with Crippen molar-refractivity contribution in [3.05, 3.63) is 28.8 Å². The molecule has 0 aliphatic heterocycles. The second kappa shape index (κ2) is 6.63. The number of nitrogens with zero attached hydrogens (tertiary/aromatic N) is 1. The van der Waals surface area contributed by atoms with Crippen molar-refractivity contribution in [2.45, 2.75) is 26.2 Å². The summed E-state index contributed by atoms with van der Waals surface area (Å²) < 4.78 is 5.41. The summed E-state index contributed by atoms with van der Waals surface area (Å²) in [6.07, 6.45) is 0. The van der Waals surface area contributed by atoms with Crippen LogP contribution in [0.2, 0.25) is 5.02 Å². The van der Waals surface area contributed by atoms with Gasteiger partial charge in [-0.1, -0.05) is 31.5 Å². The minimum Gasteiger partial charge on any atom is -0.492 e. The average Bonchev–Trinajstić information content (AvgIpc) is 2.32. The lowest BCUT2D eigenvalue weighted by Crippen LogP contribution is -2.33. The maximum Gasteiger partial charge on any atom is 0.137 e. The van der Waals surface area contributed by atoms with Crippen molar-refractivity contribution >= 4 is 11.6 Å². The molecule has 0 amide bonds. The van der Waals surface area contributed by atoms with Gasteiger partial charge in [0.05, 0.1) is 24.2 Å². The first-order chi connectivity index (χ1) is 8.51. The van der Waals surface area contributed by atoms with Crippen LogP contribution < -0.4 is 10.1 Å². The SMILES string of the molecule is CCOc1ccc(C(C)(C)CNCC#N)cc1Cl. The molecule has 0 unspecified atom stereocenters. The Bertz CT molecular complexity index is 438. The van der Waals surface area contributed by atoms with Gasteiger partial charge < -0.3 is 10.1 Å². The van der Waals surface area contributed by atoms with Crippen LogP contribution in [0.5, 0.6) is 5.75 Å². The van der Waals surface area contributed by atoms with Crippen molar-refractivity contribution in [3.8, 4) is 11.8 Å². The summed E-state index contributed by atoms with van der Waals surface area (Å²) in [5.74, 6) is 0.712. The van der Waals surface area contributed by atoms with Crippen LogP contribution in [0.4, 0.5) is 0 Å². The van der Waals surface area contributed by atoms with Gasteiger partial charge in [0.2, 0.25) is 0 Å². The second-order valence-electron chi connectivity index (χ2n) is 4.72. The number of halogens is 1. The summed E-state index contributed by atoms with van der Waals surface area (Å²) >= 11 is 6.18. The van der Waals surface area contributed by atoms with Crippen LogP contribution in [-0.2, 0) is 5.41 Å². The van der Waals surface area contributed by atoms with E-state index in [1.807, 2.05) is 25.1 Å². The molecular formula is C14H19ClN2O. The maximum atomic E-state index is 8.52. The Labute approximate surface area is 114 Å². The molecule has 0 spiro atoms. The van der Waals surface area contributed by atoms with Crippen molar-refractivity contribution in [3.63, 3.8) is 0 Å². The number of nitrogens with one attached hydrogen (secondary N) is 1. The Balaban J connectivity index is 2.82. The minimum absolute atomic E-state index is 0.0781. The van der Waals surface area contributed by atoms with E-state index in [0.717, 1.165) is 12.1 Å². The molecule has 0 saturated heterocycles. The third-order valence-corrected chi connectivity index (χ3v) is 3.08. The largest absolute Gasteiger partial charge is 0.492 e. The smallest absolute Gasteiger partial charge is 0.137 e. The van der Waals surface area contributed by atoms with E-state index in [1.54, 1.807) is 0 Å². The molecule has 1 N–H and O–H groups in total. The first-order valence-electron chi connectivity index (χ1n) is 6.01. The zero-order valence-corrected chi connectivity index (χ0v) is 11.8. The highest BCUT2D eigenvalue weighted by Gasteiger charge is 2.21. The van der Waals surface area contributed by atoms with Crippen LogP contribution in [0.1, 0.15) is 26.3 Å². The highest BCUT2D eigenvalue weighted by molar-refractivity contribution is 6.32. The molecule has 18 heavy (non-hydrogen) atoms. The summed E-state index contributed by atoms with van der Waals surface area (Å²) in [6, 6.07) is 7.92. The van der Waals surface area contributed by atoms with Gasteiger partial charge in [0, 0.05) is 12.0 Å². The first kappa shape index (κ1) is 14.8. The van der Waals surface area contributed by atoms with Crippen LogP contribution in [0.15, 0.2) is 18.2 Å². The quantitative estimate of drug-likeness (QED) is 0.636. The van der Waals surface area contributed by atoms with E-state index >= 15 is 0 Å². The number of rotatable bonds is 6. The third-order valence-electron chi connectivity index (χ3n) is 2.78. The Morgan fingerprint density at radius 1 is 1.44 bits per heavy atom. The summed E-state index contributed by atoms with van der Waals surface area (Å²) in [7, 11) is 0. The molecule has 0 aromatic heterocycles. The fourth-order valence-corrected chi connectivity index (χ4v) is 1.96. The Morgan fingerprint density at radius 2 is 2.17 bits per heavy atom. The molecule has 0 radical (unpaired) electrons. The first-order valence-corrected chi connectivity index (χ1v) is 6.39. The van der Waals surface area contributed by atoms with Gasteiger partial charge in [0.15, 0.2) is 0 Å². The summed E-state index contributed by atoms with van der Waals surface area (Å²) in [5, 5.41) is 12.2. The van der Waals surface area contributed by atoms with Gasteiger partial charge in [-0.25, -0.2) is 0 Å². The van der Waals surface area contributed by atoms with Gasteiger partial charge in [-0.15, -0.1) is 0 Å². The lowest BCUT2D eigenvalue weighted by molar-refractivity contribution is 0.340. The zero-order valence-electron chi connectivity index (χ0n) is 11.1. The van der Waals surface area contributed by atoms with E-state index in [4.69, 9.17) is 21.6 Å². The molecule has 0 aliphatic carbocycles. The van der Waals surface area contributed by atoms with Crippen molar-refractivity contribution < 1.29 is 4.74 Å². The van der Waals surface area contributed by atoms with E-state index in [2.05, 4.69) is 25.2 Å².